The second-order valence-corrected chi connectivity index (χ2v) is 4.91. The molecule has 0 radical (unpaired) electrons. The molecule has 98 valence electrons. The molecule has 2 N–H and O–H groups in total. The van der Waals surface area contributed by atoms with E-state index in [1.807, 2.05) is 25.1 Å². The Labute approximate surface area is 108 Å². The lowest BCUT2D eigenvalue weighted by atomic mass is 9.97. The Balaban J connectivity index is 2.07. The zero-order valence-electron chi connectivity index (χ0n) is 11.1. The van der Waals surface area contributed by atoms with Crippen LogP contribution in [-0.4, -0.2) is 26.1 Å². The Morgan fingerprint density at radius 2 is 2.22 bits per heavy atom. The molecule has 0 saturated carbocycles. The van der Waals surface area contributed by atoms with Crippen molar-refractivity contribution in [1.82, 2.24) is 5.32 Å². The van der Waals surface area contributed by atoms with E-state index in [4.69, 9.17) is 4.74 Å². The van der Waals surface area contributed by atoms with Crippen LogP contribution in [0.25, 0.3) is 0 Å². The number of anilines is 1. The van der Waals surface area contributed by atoms with Crippen LogP contribution in [-0.2, 0) is 4.79 Å². The number of aryl methyl sites for hydroxylation is 1. The van der Waals surface area contributed by atoms with E-state index in [9.17, 15) is 4.79 Å². The van der Waals surface area contributed by atoms with Crippen molar-refractivity contribution >= 4 is 11.6 Å². The number of ether oxygens (including phenoxy) is 1. The van der Waals surface area contributed by atoms with Gasteiger partial charge < -0.3 is 15.4 Å². The number of hydrogen-bond donors (Lipinski definition) is 2. The third-order valence-corrected chi connectivity index (χ3v) is 3.55. The molecular weight excluding hydrogens is 228 g/mol. The van der Waals surface area contributed by atoms with Crippen molar-refractivity contribution in [2.24, 2.45) is 11.8 Å². The second kappa shape index (κ2) is 5.40. The summed E-state index contributed by atoms with van der Waals surface area (Å²) in [7, 11) is 1.64. The van der Waals surface area contributed by atoms with Crippen molar-refractivity contribution in [2.45, 2.75) is 13.8 Å². The molecule has 2 unspecified atom stereocenters. The first-order chi connectivity index (χ1) is 8.61. The maximum Gasteiger partial charge on any atom is 0.229 e. The zero-order chi connectivity index (χ0) is 13.1. The Bertz CT molecular complexity index is 445. The van der Waals surface area contributed by atoms with Crippen LogP contribution in [0.1, 0.15) is 12.5 Å². The molecule has 2 atom stereocenters. The average Bonchev–Trinajstić information content (AvgIpc) is 2.78. The summed E-state index contributed by atoms with van der Waals surface area (Å²) in [5.74, 6) is 1.36. The van der Waals surface area contributed by atoms with Crippen LogP contribution in [0.2, 0.25) is 0 Å². The lowest BCUT2D eigenvalue weighted by Crippen LogP contribution is -2.28. The predicted molar refractivity (Wildman–Crippen MR) is 71.9 cm³/mol. The SMILES string of the molecule is COc1ccc(NC(=O)C2CNCC2C)c(C)c1. The van der Waals surface area contributed by atoms with Gasteiger partial charge in [0.05, 0.1) is 13.0 Å². The van der Waals surface area contributed by atoms with Crippen molar-refractivity contribution in [3.8, 4) is 5.75 Å². The molecule has 18 heavy (non-hydrogen) atoms. The van der Waals surface area contributed by atoms with Gasteiger partial charge in [0.1, 0.15) is 5.75 Å². The maximum absolute atomic E-state index is 12.1. The van der Waals surface area contributed by atoms with E-state index < -0.39 is 0 Å². The molecule has 0 aromatic heterocycles. The van der Waals surface area contributed by atoms with Gasteiger partial charge in [0.2, 0.25) is 5.91 Å². The van der Waals surface area contributed by atoms with E-state index in [1.165, 1.54) is 0 Å². The van der Waals surface area contributed by atoms with Crippen LogP contribution in [0.15, 0.2) is 18.2 Å². The minimum atomic E-state index is 0.0616. The van der Waals surface area contributed by atoms with Gasteiger partial charge in [0, 0.05) is 12.2 Å². The fourth-order valence-electron chi connectivity index (χ4n) is 2.29. The van der Waals surface area contributed by atoms with E-state index in [0.29, 0.717) is 5.92 Å². The predicted octanol–water partition coefficient (Wildman–Crippen LogP) is 1.80. The van der Waals surface area contributed by atoms with E-state index in [-0.39, 0.29) is 11.8 Å². The minimum Gasteiger partial charge on any atom is -0.497 e. The van der Waals surface area contributed by atoms with Crippen molar-refractivity contribution in [2.75, 3.05) is 25.5 Å². The Morgan fingerprint density at radius 3 is 2.78 bits per heavy atom. The highest BCUT2D eigenvalue weighted by atomic mass is 16.5. The highest BCUT2D eigenvalue weighted by Gasteiger charge is 2.29. The summed E-state index contributed by atoms with van der Waals surface area (Å²) in [6.45, 7) is 5.75. The molecule has 1 aromatic rings. The number of methoxy groups -OCH3 is 1. The van der Waals surface area contributed by atoms with Crippen LogP contribution >= 0.6 is 0 Å². The molecule has 1 aromatic carbocycles. The fourth-order valence-corrected chi connectivity index (χ4v) is 2.29. The molecule has 0 aliphatic carbocycles. The lowest BCUT2D eigenvalue weighted by Gasteiger charge is -2.16. The molecule has 1 fully saturated rings. The van der Waals surface area contributed by atoms with Crippen molar-refractivity contribution in [1.29, 1.82) is 0 Å². The zero-order valence-corrected chi connectivity index (χ0v) is 11.1. The molecule has 1 amide bonds. The Hall–Kier alpha value is -1.55. The van der Waals surface area contributed by atoms with Gasteiger partial charge in [-0.1, -0.05) is 6.92 Å². The molecular formula is C14H20N2O2. The highest BCUT2D eigenvalue weighted by molar-refractivity contribution is 5.93. The molecule has 1 heterocycles. The summed E-state index contributed by atoms with van der Waals surface area (Å²) >= 11 is 0. The van der Waals surface area contributed by atoms with Crippen LogP contribution in [0.3, 0.4) is 0 Å². The third-order valence-electron chi connectivity index (χ3n) is 3.55. The van der Waals surface area contributed by atoms with Crippen molar-refractivity contribution in [3.05, 3.63) is 23.8 Å². The van der Waals surface area contributed by atoms with Crippen LogP contribution in [0.4, 0.5) is 5.69 Å². The lowest BCUT2D eigenvalue weighted by molar-refractivity contribution is -0.120. The van der Waals surface area contributed by atoms with Gasteiger partial charge in [-0.15, -0.1) is 0 Å². The number of carbonyl (C=O) groups is 1. The smallest absolute Gasteiger partial charge is 0.229 e. The molecule has 0 bridgehead atoms. The minimum absolute atomic E-state index is 0.0616. The molecule has 4 heteroatoms. The first-order valence-corrected chi connectivity index (χ1v) is 6.28. The molecule has 1 saturated heterocycles. The highest BCUT2D eigenvalue weighted by Crippen LogP contribution is 2.23. The summed E-state index contributed by atoms with van der Waals surface area (Å²) < 4.78 is 5.15. The molecule has 2 rings (SSSR count). The Morgan fingerprint density at radius 1 is 1.44 bits per heavy atom. The van der Waals surface area contributed by atoms with Crippen LogP contribution < -0.4 is 15.4 Å². The van der Waals surface area contributed by atoms with Gasteiger partial charge in [0.15, 0.2) is 0 Å². The third kappa shape index (κ3) is 2.64. The number of hydrogen-bond acceptors (Lipinski definition) is 3. The largest absolute Gasteiger partial charge is 0.497 e. The Kier molecular flexibility index (Phi) is 3.87. The number of rotatable bonds is 3. The second-order valence-electron chi connectivity index (χ2n) is 4.91. The van der Waals surface area contributed by atoms with Crippen LogP contribution in [0, 0.1) is 18.8 Å². The van der Waals surface area contributed by atoms with E-state index in [2.05, 4.69) is 17.6 Å². The molecule has 1 aliphatic heterocycles. The molecule has 1 aliphatic rings. The van der Waals surface area contributed by atoms with Crippen molar-refractivity contribution in [3.63, 3.8) is 0 Å². The number of carbonyl (C=O) groups excluding carboxylic acids is 1. The van der Waals surface area contributed by atoms with E-state index in [0.717, 1.165) is 30.1 Å². The summed E-state index contributed by atoms with van der Waals surface area (Å²) in [5.41, 5.74) is 1.88. The maximum atomic E-state index is 12.1. The van der Waals surface area contributed by atoms with Gasteiger partial charge in [-0.2, -0.15) is 0 Å². The standard InChI is InChI=1S/C14H20N2O2/c1-9-6-11(18-3)4-5-13(9)16-14(17)12-8-15-7-10(12)2/h4-6,10,12,15H,7-8H2,1-3H3,(H,16,17). The quantitative estimate of drug-likeness (QED) is 0.857. The first kappa shape index (κ1) is 12.9. The van der Waals surface area contributed by atoms with Gasteiger partial charge in [-0.25, -0.2) is 0 Å². The number of benzene rings is 1. The van der Waals surface area contributed by atoms with Gasteiger partial charge in [-0.05, 0) is 43.1 Å². The van der Waals surface area contributed by atoms with E-state index >= 15 is 0 Å². The van der Waals surface area contributed by atoms with Gasteiger partial charge >= 0.3 is 0 Å². The van der Waals surface area contributed by atoms with Crippen LogP contribution in [0.5, 0.6) is 5.75 Å². The average molecular weight is 248 g/mol. The molecule has 0 spiro atoms. The first-order valence-electron chi connectivity index (χ1n) is 6.28. The fraction of sp³-hybridized carbons (Fsp3) is 0.500. The number of amides is 1. The van der Waals surface area contributed by atoms with Gasteiger partial charge in [0.25, 0.3) is 0 Å². The van der Waals surface area contributed by atoms with E-state index in [1.54, 1.807) is 7.11 Å². The monoisotopic (exact) mass is 248 g/mol. The summed E-state index contributed by atoms with van der Waals surface area (Å²) in [5, 5.41) is 6.24. The summed E-state index contributed by atoms with van der Waals surface area (Å²) in [6.07, 6.45) is 0. The van der Waals surface area contributed by atoms with Gasteiger partial charge in [-0.3, -0.25) is 4.79 Å². The number of nitrogens with one attached hydrogen (secondary N) is 2. The topological polar surface area (TPSA) is 50.4 Å². The molecule has 4 nitrogen and oxygen atoms in total. The normalized spacial score (nSPS) is 22.8. The summed E-state index contributed by atoms with van der Waals surface area (Å²) in [6, 6.07) is 5.67. The summed E-state index contributed by atoms with van der Waals surface area (Å²) in [4.78, 5) is 12.1. The van der Waals surface area contributed by atoms with Crippen molar-refractivity contribution < 1.29 is 9.53 Å².